The first-order valence-corrected chi connectivity index (χ1v) is 8.11. The van der Waals surface area contributed by atoms with Crippen LogP contribution in [0.2, 0.25) is 0 Å². The minimum absolute atomic E-state index is 0.109. The minimum atomic E-state index is -0.299. The van der Waals surface area contributed by atoms with Crippen molar-refractivity contribution in [2.45, 2.75) is 20.4 Å². The Bertz CT molecular complexity index is 1010. The molecule has 3 rings (SSSR count). The van der Waals surface area contributed by atoms with Crippen molar-refractivity contribution in [3.05, 3.63) is 50.7 Å². The largest absolute Gasteiger partial charge is 0.321 e. The van der Waals surface area contributed by atoms with E-state index in [0.29, 0.717) is 16.6 Å². The molecular weight excluding hydrogens is 374 g/mol. The van der Waals surface area contributed by atoms with E-state index < -0.39 is 0 Å². The lowest BCUT2D eigenvalue weighted by Crippen LogP contribution is -2.28. The Balaban J connectivity index is 1.88. The third kappa shape index (κ3) is 2.96. The fraction of sp³-hybridized carbons (Fsp3) is 0.250. The van der Waals surface area contributed by atoms with Gasteiger partial charge in [-0.25, -0.2) is 4.98 Å². The second-order valence-electron chi connectivity index (χ2n) is 5.56. The predicted molar refractivity (Wildman–Crippen MR) is 95.0 cm³/mol. The van der Waals surface area contributed by atoms with Crippen LogP contribution in [-0.4, -0.2) is 25.2 Å². The summed E-state index contributed by atoms with van der Waals surface area (Å²) in [6.07, 6.45) is 1.39. The zero-order chi connectivity index (χ0) is 17.4. The van der Waals surface area contributed by atoms with Gasteiger partial charge in [-0.15, -0.1) is 0 Å². The van der Waals surface area contributed by atoms with Crippen molar-refractivity contribution in [2.75, 3.05) is 5.32 Å². The number of nitrogens with zero attached hydrogens (tertiary/aromatic N) is 4. The smallest absolute Gasteiger partial charge is 0.261 e. The normalized spacial score (nSPS) is 11.0. The van der Waals surface area contributed by atoms with Gasteiger partial charge in [-0.2, -0.15) is 5.10 Å². The maximum Gasteiger partial charge on any atom is 0.261 e. The molecule has 0 fully saturated rings. The third-order valence-corrected chi connectivity index (χ3v) is 4.37. The van der Waals surface area contributed by atoms with E-state index in [9.17, 15) is 9.59 Å². The molecule has 8 heteroatoms. The first-order chi connectivity index (χ1) is 11.4. The van der Waals surface area contributed by atoms with Crippen LogP contribution < -0.4 is 10.9 Å². The summed E-state index contributed by atoms with van der Waals surface area (Å²) in [5.74, 6) is -0.299. The molecule has 0 aliphatic rings. The van der Waals surface area contributed by atoms with Crippen molar-refractivity contribution in [1.29, 1.82) is 0 Å². The molecule has 0 aliphatic heterocycles. The van der Waals surface area contributed by atoms with Gasteiger partial charge in [0.25, 0.3) is 5.56 Å². The standard InChI is InChI=1S/C16H16BrN5O2/c1-9-15(10(2)21(3)20-9)19-14(23)7-22-8-18-13-5-4-11(17)6-12(13)16(22)24/h4-6,8H,7H2,1-3H3,(H,19,23). The van der Waals surface area contributed by atoms with E-state index >= 15 is 0 Å². The summed E-state index contributed by atoms with van der Waals surface area (Å²) in [6, 6.07) is 5.28. The average Bonchev–Trinajstić information content (AvgIpc) is 2.77. The van der Waals surface area contributed by atoms with Gasteiger partial charge in [0.15, 0.2) is 0 Å². The molecule has 1 N–H and O–H groups in total. The number of anilines is 1. The fourth-order valence-corrected chi connectivity index (χ4v) is 2.89. The maximum absolute atomic E-state index is 12.5. The van der Waals surface area contributed by atoms with Crippen LogP contribution >= 0.6 is 15.9 Å². The Kier molecular flexibility index (Phi) is 4.23. The molecule has 1 aromatic carbocycles. The molecule has 3 aromatic rings. The number of benzene rings is 1. The SMILES string of the molecule is Cc1nn(C)c(C)c1NC(=O)Cn1cnc2ccc(Br)cc2c1=O. The van der Waals surface area contributed by atoms with Crippen LogP contribution in [0.5, 0.6) is 0 Å². The monoisotopic (exact) mass is 389 g/mol. The Morgan fingerprint density at radius 2 is 2.08 bits per heavy atom. The van der Waals surface area contributed by atoms with Crippen molar-refractivity contribution in [3.8, 4) is 0 Å². The summed E-state index contributed by atoms with van der Waals surface area (Å²) in [4.78, 5) is 29.0. The minimum Gasteiger partial charge on any atom is -0.321 e. The number of halogens is 1. The van der Waals surface area contributed by atoms with Gasteiger partial charge in [-0.1, -0.05) is 15.9 Å². The van der Waals surface area contributed by atoms with Crippen molar-refractivity contribution < 1.29 is 4.79 Å². The number of hydrogen-bond donors (Lipinski definition) is 1. The second-order valence-corrected chi connectivity index (χ2v) is 6.47. The molecule has 0 atom stereocenters. The second kappa shape index (κ2) is 6.20. The van der Waals surface area contributed by atoms with Crippen LogP contribution in [-0.2, 0) is 18.4 Å². The number of aryl methyl sites for hydroxylation is 2. The van der Waals surface area contributed by atoms with E-state index in [1.54, 1.807) is 16.8 Å². The third-order valence-electron chi connectivity index (χ3n) is 3.87. The van der Waals surface area contributed by atoms with E-state index in [1.165, 1.54) is 10.9 Å². The van der Waals surface area contributed by atoms with Gasteiger partial charge < -0.3 is 5.32 Å². The van der Waals surface area contributed by atoms with E-state index in [0.717, 1.165) is 15.9 Å². The van der Waals surface area contributed by atoms with Crippen LogP contribution in [0.15, 0.2) is 33.8 Å². The lowest BCUT2D eigenvalue weighted by Gasteiger charge is -2.08. The quantitative estimate of drug-likeness (QED) is 0.743. The first kappa shape index (κ1) is 16.4. The van der Waals surface area contributed by atoms with Gasteiger partial charge in [-0.3, -0.25) is 18.8 Å². The summed E-state index contributed by atoms with van der Waals surface area (Å²) in [6.45, 7) is 3.59. The van der Waals surface area contributed by atoms with Crippen molar-refractivity contribution in [2.24, 2.45) is 7.05 Å². The number of nitrogens with one attached hydrogen (secondary N) is 1. The van der Waals surface area contributed by atoms with Crippen LogP contribution in [0.4, 0.5) is 5.69 Å². The van der Waals surface area contributed by atoms with Gasteiger partial charge >= 0.3 is 0 Å². The van der Waals surface area contributed by atoms with Gasteiger partial charge in [0.05, 0.1) is 34.3 Å². The van der Waals surface area contributed by atoms with Gasteiger partial charge in [0.2, 0.25) is 5.91 Å². The average molecular weight is 390 g/mol. The highest BCUT2D eigenvalue weighted by molar-refractivity contribution is 9.10. The maximum atomic E-state index is 12.5. The molecule has 0 radical (unpaired) electrons. The molecule has 0 saturated carbocycles. The molecule has 0 aliphatic carbocycles. The Morgan fingerprint density at radius 1 is 1.33 bits per heavy atom. The molecule has 0 bridgehead atoms. The highest BCUT2D eigenvalue weighted by atomic mass is 79.9. The van der Waals surface area contributed by atoms with E-state index in [1.807, 2.05) is 27.0 Å². The Hall–Kier alpha value is -2.48. The molecule has 2 aromatic heterocycles. The summed E-state index contributed by atoms with van der Waals surface area (Å²) < 4.78 is 3.79. The van der Waals surface area contributed by atoms with E-state index in [2.05, 4.69) is 31.3 Å². The van der Waals surface area contributed by atoms with Crippen molar-refractivity contribution in [1.82, 2.24) is 19.3 Å². The van der Waals surface area contributed by atoms with E-state index in [4.69, 9.17) is 0 Å². The Labute approximate surface area is 146 Å². The van der Waals surface area contributed by atoms with E-state index in [-0.39, 0.29) is 18.0 Å². The molecule has 2 heterocycles. The Morgan fingerprint density at radius 3 is 2.75 bits per heavy atom. The number of aromatic nitrogens is 4. The molecule has 0 unspecified atom stereocenters. The van der Waals surface area contributed by atoms with Crippen LogP contribution in [0.25, 0.3) is 10.9 Å². The highest BCUT2D eigenvalue weighted by Gasteiger charge is 2.14. The molecule has 0 spiro atoms. The van der Waals surface area contributed by atoms with Gasteiger partial charge in [0, 0.05) is 11.5 Å². The predicted octanol–water partition coefficient (Wildman–Crippen LogP) is 2.15. The molecule has 7 nitrogen and oxygen atoms in total. The van der Waals surface area contributed by atoms with Crippen molar-refractivity contribution >= 4 is 38.4 Å². The summed E-state index contributed by atoms with van der Waals surface area (Å²) in [5.41, 5.74) is 2.60. The summed E-state index contributed by atoms with van der Waals surface area (Å²) in [5, 5.41) is 7.54. The lowest BCUT2D eigenvalue weighted by atomic mass is 10.2. The summed E-state index contributed by atoms with van der Waals surface area (Å²) in [7, 11) is 1.81. The fourth-order valence-electron chi connectivity index (χ4n) is 2.53. The molecule has 1 amide bonds. The van der Waals surface area contributed by atoms with Crippen LogP contribution in [0.3, 0.4) is 0 Å². The van der Waals surface area contributed by atoms with Gasteiger partial charge in [0.1, 0.15) is 6.54 Å². The summed E-state index contributed by atoms with van der Waals surface area (Å²) >= 11 is 3.34. The first-order valence-electron chi connectivity index (χ1n) is 7.31. The number of carbonyl (C=O) groups excluding carboxylic acids is 1. The number of fused-ring (bicyclic) bond motifs is 1. The van der Waals surface area contributed by atoms with Gasteiger partial charge in [-0.05, 0) is 32.0 Å². The topological polar surface area (TPSA) is 81.8 Å². The molecule has 0 saturated heterocycles. The molecule has 124 valence electrons. The number of hydrogen-bond acceptors (Lipinski definition) is 4. The zero-order valence-corrected chi connectivity index (χ0v) is 15.1. The highest BCUT2D eigenvalue weighted by Crippen LogP contribution is 2.18. The van der Waals surface area contributed by atoms with Crippen LogP contribution in [0, 0.1) is 13.8 Å². The number of rotatable bonds is 3. The molecule has 24 heavy (non-hydrogen) atoms. The number of amides is 1. The lowest BCUT2D eigenvalue weighted by molar-refractivity contribution is -0.116. The van der Waals surface area contributed by atoms with Crippen molar-refractivity contribution in [3.63, 3.8) is 0 Å². The molecular formula is C16H16BrN5O2. The van der Waals surface area contributed by atoms with Crippen LogP contribution in [0.1, 0.15) is 11.4 Å². The number of carbonyl (C=O) groups is 1. The zero-order valence-electron chi connectivity index (χ0n) is 13.5.